The molecule has 0 amide bonds. The van der Waals surface area contributed by atoms with Gasteiger partial charge in [-0.3, -0.25) is 0 Å². The third kappa shape index (κ3) is 6.38. The second-order valence-corrected chi connectivity index (χ2v) is 9.55. The highest BCUT2D eigenvalue weighted by Gasteiger charge is 2.42. The zero-order valence-electron chi connectivity index (χ0n) is 19.9. The lowest BCUT2D eigenvalue weighted by molar-refractivity contribution is -0.0730. The Morgan fingerprint density at radius 2 is 1.39 bits per heavy atom. The van der Waals surface area contributed by atoms with Crippen molar-refractivity contribution in [2.75, 3.05) is 0 Å². The second kappa shape index (κ2) is 11.8. The molecule has 3 heteroatoms. The molecule has 1 N–H and O–H groups in total. The molecule has 2 aromatic carbocycles. The van der Waals surface area contributed by atoms with E-state index in [0.717, 1.165) is 30.0 Å². The van der Waals surface area contributed by atoms with Gasteiger partial charge in [0.2, 0.25) is 0 Å². The van der Waals surface area contributed by atoms with Crippen LogP contribution in [0.2, 0.25) is 0 Å². The number of benzene rings is 2. The molecule has 0 aromatic heterocycles. The van der Waals surface area contributed by atoms with Gasteiger partial charge in [0.1, 0.15) is 11.6 Å². The predicted octanol–water partition coefficient (Wildman–Crippen LogP) is 8.51. The minimum absolute atomic E-state index is 0.0192. The van der Waals surface area contributed by atoms with E-state index in [9.17, 15) is 13.9 Å². The Bertz CT molecular complexity index is 787. The van der Waals surface area contributed by atoms with Crippen LogP contribution in [0, 0.1) is 23.5 Å². The van der Waals surface area contributed by atoms with Gasteiger partial charge in [0, 0.05) is 17.5 Å². The largest absolute Gasteiger partial charge is 0.389 e. The van der Waals surface area contributed by atoms with Crippen molar-refractivity contribution in [3.05, 3.63) is 59.7 Å². The molecule has 2 rings (SSSR count). The smallest absolute Gasteiger partial charge is 0.133 e. The summed E-state index contributed by atoms with van der Waals surface area (Å²) >= 11 is 0. The van der Waals surface area contributed by atoms with E-state index < -0.39 is 17.2 Å². The lowest BCUT2D eigenvalue weighted by Gasteiger charge is -2.43. The quantitative estimate of drug-likeness (QED) is 0.335. The molecule has 0 radical (unpaired) electrons. The van der Waals surface area contributed by atoms with Gasteiger partial charge < -0.3 is 5.11 Å². The Hall–Kier alpha value is -1.74. The van der Waals surface area contributed by atoms with E-state index in [2.05, 4.69) is 34.6 Å². The molecule has 0 heterocycles. The number of rotatable bonds is 12. The van der Waals surface area contributed by atoms with Gasteiger partial charge in [0.25, 0.3) is 0 Å². The van der Waals surface area contributed by atoms with Crippen LogP contribution in [0.4, 0.5) is 8.78 Å². The molecular weight excluding hydrogens is 390 g/mol. The van der Waals surface area contributed by atoms with Crippen molar-refractivity contribution in [1.29, 1.82) is 0 Å². The highest BCUT2D eigenvalue weighted by molar-refractivity contribution is 5.64. The van der Waals surface area contributed by atoms with Gasteiger partial charge in [-0.05, 0) is 41.5 Å². The summed E-state index contributed by atoms with van der Waals surface area (Å²) in [6.45, 7) is 10.6. The van der Waals surface area contributed by atoms with Crippen molar-refractivity contribution in [2.24, 2.45) is 11.8 Å². The summed E-state index contributed by atoms with van der Waals surface area (Å²) in [4.78, 5) is 0. The summed E-state index contributed by atoms with van der Waals surface area (Å²) < 4.78 is 27.5. The van der Waals surface area contributed by atoms with Crippen LogP contribution >= 0.6 is 0 Å². The van der Waals surface area contributed by atoms with E-state index in [1.165, 1.54) is 44.2 Å². The Labute approximate surface area is 187 Å². The Kier molecular flexibility index (Phi) is 9.68. The van der Waals surface area contributed by atoms with Gasteiger partial charge in [-0.2, -0.15) is 0 Å². The summed E-state index contributed by atoms with van der Waals surface area (Å²) in [5.74, 6) is -0.877. The first kappa shape index (κ1) is 25.5. The molecule has 2 aromatic rings. The molecule has 172 valence electrons. The van der Waals surface area contributed by atoms with Crippen molar-refractivity contribution in [2.45, 2.75) is 91.1 Å². The minimum Gasteiger partial charge on any atom is -0.389 e. The first-order valence-corrected chi connectivity index (χ1v) is 12.0. The highest BCUT2D eigenvalue weighted by Crippen LogP contribution is 2.43. The number of hydrogen-bond acceptors (Lipinski definition) is 1. The summed E-state index contributed by atoms with van der Waals surface area (Å²) in [5, 5.41) is 11.8. The summed E-state index contributed by atoms with van der Waals surface area (Å²) in [6, 6.07) is 11.5. The molecule has 0 fully saturated rings. The van der Waals surface area contributed by atoms with E-state index in [1.54, 1.807) is 0 Å². The highest BCUT2D eigenvalue weighted by atomic mass is 19.1. The van der Waals surface area contributed by atoms with Crippen LogP contribution in [-0.4, -0.2) is 10.7 Å². The lowest BCUT2D eigenvalue weighted by Crippen LogP contribution is -2.46. The fourth-order valence-corrected chi connectivity index (χ4v) is 4.88. The van der Waals surface area contributed by atoms with Crippen molar-refractivity contribution in [3.8, 4) is 11.1 Å². The van der Waals surface area contributed by atoms with Crippen molar-refractivity contribution < 1.29 is 13.9 Å². The first-order chi connectivity index (χ1) is 14.7. The maximum atomic E-state index is 14.2. The molecule has 0 saturated heterocycles. The number of unbranched alkanes of at least 4 members (excludes halogenated alkanes) is 5. The molecule has 1 unspecified atom stereocenters. The second-order valence-electron chi connectivity index (χ2n) is 9.55. The monoisotopic (exact) mass is 430 g/mol. The van der Waals surface area contributed by atoms with Crippen LogP contribution in [0.3, 0.4) is 0 Å². The number of hydrogen-bond donors (Lipinski definition) is 1. The van der Waals surface area contributed by atoms with Crippen LogP contribution in [0.15, 0.2) is 42.5 Å². The third-order valence-electron chi connectivity index (χ3n) is 6.81. The standard InChI is InChI=1S/C28H40F2O/c1-6-7-8-9-10-11-12-26(28(31,20(2)3)21(4)5)23-15-13-22(14-16-23)25-18-17-24(29)19-27(25)30/h13-21,26,31H,6-12H2,1-5H3. The normalized spacial score (nSPS) is 13.2. The third-order valence-corrected chi connectivity index (χ3v) is 6.81. The summed E-state index contributed by atoms with van der Waals surface area (Å²) in [5.41, 5.74) is 1.39. The molecular formula is C28H40F2O. The average molecular weight is 431 g/mol. The van der Waals surface area contributed by atoms with E-state index in [-0.39, 0.29) is 17.8 Å². The molecule has 0 aliphatic carbocycles. The Morgan fingerprint density at radius 3 is 1.94 bits per heavy atom. The molecule has 0 aliphatic heterocycles. The molecule has 0 aliphatic rings. The molecule has 0 spiro atoms. The topological polar surface area (TPSA) is 20.2 Å². The zero-order valence-corrected chi connectivity index (χ0v) is 19.9. The van der Waals surface area contributed by atoms with E-state index in [0.29, 0.717) is 5.56 Å². The van der Waals surface area contributed by atoms with Crippen LogP contribution in [0.5, 0.6) is 0 Å². The predicted molar refractivity (Wildman–Crippen MR) is 127 cm³/mol. The molecule has 31 heavy (non-hydrogen) atoms. The van der Waals surface area contributed by atoms with E-state index in [4.69, 9.17) is 0 Å². The number of aliphatic hydroxyl groups is 1. The zero-order chi connectivity index (χ0) is 23.0. The molecule has 0 bridgehead atoms. The van der Waals surface area contributed by atoms with Crippen LogP contribution in [0.25, 0.3) is 11.1 Å². The number of halogens is 2. The lowest BCUT2D eigenvalue weighted by atomic mass is 9.67. The fourth-order valence-electron chi connectivity index (χ4n) is 4.88. The first-order valence-electron chi connectivity index (χ1n) is 12.0. The van der Waals surface area contributed by atoms with Crippen molar-refractivity contribution >= 4 is 0 Å². The van der Waals surface area contributed by atoms with Gasteiger partial charge >= 0.3 is 0 Å². The summed E-state index contributed by atoms with van der Waals surface area (Å²) in [7, 11) is 0. The van der Waals surface area contributed by atoms with Crippen molar-refractivity contribution in [1.82, 2.24) is 0 Å². The van der Waals surface area contributed by atoms with Gasteiger partial charge in [0.05, 0.1) is 5.60 Å². The van der Waals surface area contributed by atoms with Gasteiger partial charge in [-0.25, -0.2) is 8.78 Å². The van der Waals surface area contributed by atoms with Gasteiger partial charge in [-0.15, -0.1) is 0 Å². The fraction of sp³-hybridized carbons (Fsp3) is 0.571. The minimum atomic E-state index is -0.813. The maximum Gasteiger partial charge on any atom is 0.133 e. The van der Waals surface area contributed by atoms with Crippen LogP contribution in [-0.2, 0) is 0 Å². The molecule has 1 nitrogen and oxygen atoms in total. The van der Waals surface area contributed by atoms with Gasteiger partial charge in [-0.1, -0.05) is 97.4 Å². The SMILES string of the molecule is CCCCCCCCC(c1ccc(-c2ccc(F)cc2F)cc1)C(O)(C(C)C)C(C)C. The summed E-state index contributed by atoms with van der Waals surface area (Å²) in [6.07, 6.45) is 8.25. The van der Waals surface area contributed by atoms with Crippen molar-refractivity contribution in [3.63, 3.8) is 0 Å². The molecule has 0 saturated carbocycles. The van der Waals surface area contributed by atoms with Gasteiger partial charge in [0.15, 0.2) is 0 Å². The van der Waals surface area contributed by atoms with E-state index >= 15 is 0 Å². The van der Waals surface area contributed by atoms with Crippen LogP contribution in [0.1, 0.15) is 91.0 Å². The Morgan fingerprint density at radius 1 is 0.806 bits per heavy atom. The van der Waals surface area contributed by atoms with E-state index in [1.807, 2.05) is 24.3 Å². The Balaban J connectivity index is 2.28. The molecule has 1 atom stereocenters. The maximum absolute atomic E-state index is 14.2. The average Bonchev–Trinajstić information content (AvgIpc) is 2.73. The van der Waals surface area contributed by atoms with Crippen LogP contribution < -0.4 is 0 Å².